The summed E-state index contributed by atoms with van der Waals surface area (Å²) in [5.41, 5.74) is 2.48. The normalized spacial score (nSPS) is 11.6. The van der Waals surface area contributed by atoms with Crippen molar-refractivity contribution in [1.82, 2.24) is 19.9 Å². The Morgan fingerprint density at radius 3 is 1.65 bits per heavy atom. The van der Waals surface area contributed by atoms with Crippen LogP contribution in [-0.2, 0) is 12.0 Å². The lowest BCUT2D eigenvalue weighted by Gasteiger charge is -2.39. The molecule has 0 amide bonds. The Morgan fingerprint density at radius 1 is 0.739 bits per heavy atom. The van der Waals surface area contributed by atoms with Gasteiger partial charge in [-0.25, -0.2) is 0 Å². The second kappa shape index (κ2) is 6.67. The molecule has 0 unspecified atom stereocenters. The predicted molar refractivity (Wildman–Crippen MR) is 90.9 cm³/mol. The molecule has 0 aromatic carbocycles. The summed E-state index contributed by atoms with van der Waals surface area (Å²) in [6.07, 6.45) is 6.19. The number of aromatic nitrogens is 3. The molecule has 0 aliphatic heterocycles. The summed E-state index contributed by atoms with van der Waals surface area (Å²) in [7, 11) is 4.12. The summed E-state index contributed by atoms with van der Waals surface area (Å²) in [6, 6.07) is 18.0. The topological polar surface area (TPSA) is 41.9 Å². The van der Waals surface area contributed by atoms with E-state index in [0.717, 1.165) is 17.1 Å². The van der Waals surface area contributed by atoms with Crippen molar-refractivity contribution in [3.05, 3.63) is 90.3 Å². The SMILES string of the molecule is CN(C)C(Cc1ccccn1)(c1ccccn1)c1ccccn1. The first-order chi connectivity index (χ1) is 11.2. The van der Waals surface area contributed by atoms with Crippen LogP contribution in [0.2, 0.25) is 0 Å². The molecule has 0 aliphatic rings. The molecule has 3 heterocycles. The molecule has 116 valence electrons. The molecule has 0 atom stereocenters. The summed E-state index contributed by atoms with van der Waals surface area (Å²) in [4.78, 5) is 16.0. The number of hydrogen-bond donors (Lipinski definition) is 0. The maximum absolute atomic E-state index is 4.64. The van der Waals surface area contributed by atoms with E-state index in [4.69, 9.17) is 0 Å². The van der Waals surface area contributed by atoms with Crippen molar-refractivity contribution < 1.29 is 0 Å². The second-order valence-corrected chi connectivity index (χ2v) is 5.68. The van der Waals surface area contributed by atoms with E-state index in [2.05, 4.69) is 46.1 Å². The lowest BCUT2D eigenvalue weighted by atomic mass is 9.83. The average Bonchev–Trinajstić information content (AvgIpc) is 2.62. The highest BCUT2D eigenvalue weighted by molar-refractivity contribution is 5.32. The molecule has 0 aliphatic carbocycles. The predicted octanol–water partition coefficient (Wildman–Crippen LogP) is 2.92. The maximum Gasteiger partial charge on any atom is 0.111 e. The van der Waals surface area contributed by atoms with Gasteiger partial charge >= 0.3 is 0 Å². The third-order valence-corrected chi connectivity index (χ3v) is 4.10. The highest BCUT2D eigenvalue weighted by Crippen LogP contribution is 2.34. The minimum Gasteiger partial charge on any atom is -0.293 e. The van der Waals surface area contributed by atoms with Crippen molar-refractivity contribution in [3.63, 3.8) is 0 Å². The van der Waals surface area contributed by atoms with Crippen LogP contribution >= 0.6 is 0 Å². The van der Waals surface area contributed by atoms with Crippen molar-refractivity contribution in [2.45, 2.75) is 12.0 Å². The van der Waals surface area contributed by atoms with Gasteiger partial charge in [0.15, 0.2) is 0 Å². The molecule has 0 N–H and O–H groups in total. The Bertz CT molecular complexity index is 688. The fourth-order valence-electron chi connectivity index (χ4n) is 2.91. The lowest BCUT2D eigenvalue weighted by Crippen LogP contribution is -2.46. The van der Waals surface area contributed by atoms with Gasteiger partial charge in [0.2, 0.25) is 0 Å². The molecule has 0 bridgehead atoms. The smallest absolute Gasteiger partial charge is 0.111 e. The van der Waals surface area contributed by atoms with Gasteiger partial charge in [-0.2, -0.15) is 0 Å². The Labute approximate surface area is 136 Å². The van der Waals surface area contributed by atoms with E-state index < -0.39 is 5.54 Å². The van der Waals surface area contributed by atoms with Gasteiger partial charge in [0.1, 0.15) is 5.54 Å². The standard InChI is InChI=1S/C19H20N4/c1-23(2)19(17-10-4-7-13-21-17,18-11-5-8-14-22-18)15-16-9-3-6-12-20-16/h3-14H,15H2,1-2H3. The van der Waals surface area contributed by atoms with Crippen molar-refractivity contribution in [3.8, 4) is 0 Å². The van der Waals surface area contributed by atoms with E-state index in [-0.39, 0.29) is 0 Å². The Balaban J connectivity index is 2.19. The van der Waals surface area contributed by atoms with Crippen LogP contribution in [0.1, 0.15) is 17.1 Å². The van der Waals surface area contributed by atoms with Crippen LogP contribution in [0.4, 0.5) is 0 Å². The van der Waals surface area contributed by atoms with Gasteiger partial charge in [-0.05, 0) is 50.5 Å². The van der Waals surface area contributed by atoms with Crippen molar-refractivity contribution in [1.29, 1.82) is 0 Å². The molecule has 0 fully saturated rings. The summed E-state index contributed by atoms with van der Waals surface area (Å²) in [5.74, 6) is 0. The maximum atomic E-state index is 4.64. The first-order valence-electron chi connectivity index (χ1n) is 7.64. The quantitative estimate of drug-likeness (QED) is 0.727. The fourth-order valence-corrected chi connectivity index (χ4v) is 2.91. The minimum atomic E-state index is -0.461. The molecule has 4 heteroatoms. The molecule has 3 aromatic heterocycles. The summed E-state index contributed by atoms with van der Waals surface area (Å²) >= 11 is 0. The highest BCUT2D eigenvalue weighted by atomic mass is 15.2. The van der Waals surface area contributed by atoms with Crippen LogP contribution in [0.5, 0.6) is 0 Å². The highest BCUT2D eigenvalue weighted by Gasteiger charge is 2.39. The summed E-state index contributed by atoms with van der Waals surface area (Å²) in [5, 5.41) is 0. The monoisotopic (exact) mass is 304 g/mol. The van der Waals surface area contributed by atoms with E-state index in [9.17, 15) is 0 Å². The van der Waals surface area contributed by atoms with Crippen LogP contribution in [0.15, 0.2) is 73.2 Å². The first kappa shape index (κ1) is 15.3. The molecular formula is C19H20N4. The van der Waals surface area contributed by atoms with Crippen LogP contribution in [-0.4, -0.2) is 33.9 Å². The van der Waals surface area contributed by atoms with E-state index in [1.807, 2.05) is 61.1 Å². The summed E-state index contributed by atoms with van der Waals surface area (Å²) < 4.78 is 0. The molecule has 0 saturated heterocycles. The zero-order valence-electron chi connectivity index (χ0n) is 13.4. The van der Waals surface area contributed by atoms with Crippen molar-refractivity contribution in [2.75, 3.05) is 14.1 Å². The van der Waals surface area contributed by atoms with E-state index >= 15 is 0 Å². The fraction of sp³-hybridized carbons (Fsp3) is 0.211. The molecule has 3 aromatic rings. The number of hydrogen-bond acceptors (Lipinski definition) is 4. The number of rotatable bonds is 5. The number of nitrogens with zero attached hydrogens (tertiary/aromatic N) is 4. The van der Waals surface area contributed by atoms with Gasteiger partial charge < -0.3 is 0 Å². The zero-order chi connectivity index (χ0) is 16.1. The van der Waals surface area contributed by atoms with E-state index in [0.29, 0.717) is 6.42 Å². The van der Waals surface area contributed by atoms with Crippen LogP contribution in [0, 0.1) is 0 Å². The Morgan fingerprint density at radius 2 is 1.26 bits per heavy atom. The Hall–Kier alpha value is -2.59. The molecule has 0 radical (unpaired) electrons. The van der Waals surface area contributed by atoms with Crippen molar-refractivity contribution >= 4 is 0 Å². The minimum absolute atomic E-state index is 0.461. The van der Waals surface area contributed by atoms with Crippen molar-refractivity contribution in [2.24, 2.45) is 0 Å². The molecule has 0 spiro atoms. The largest absolute Gasteiger partial charge is 0.293 e. The Kier molecular flexibility index (Phi) is 4.44. The van der Waals surface area contributed by atoms with Gasteiger partial charge in [0.05, 0.1) is 11.4 Å². The average molecular weight is 304 g/mol. The van der Waals surface area contributed by atoms with Crippen LogP contribution in [0.25, 0.3) is 0 Å². The molecule has 23 heavy (non-hydrogen) atoms. The number of pyridine rings is 3. The third kappa shape index (κ3) is 2.98. The van der Waals surface area contributed by atoms with Crippen LogP contribution < -0.4 is 0 Å². The van der Waals surface area contributed by atoms with Gasteiger partial charge in [-0.3, -0.25) is 19.9 Å². The van der Waals surface area contributed by atoms with Gasteiger partial charge in [-0.1, -0.05) is 18.2 Å². The van der Waals surface area contributed by atoms with Gasteiger partial charge in [0.25, 0.3) is 0 Å². The zero-order valence-corrected chi connectivity index (χ0v) is 13.4. The van der Waals surface area contributed by atoms with Gasteiger partial charge in [-0.15, -0.1) is 0 Å². The van der Waals surface area contributed by atoms with E-state index in [1.165, 1.54) is 0 Å². The molecule has 4 nitrogen and oxygen atoms in total. The van der Waals surface area contributed by atoms with E-state index in [1.54, 1.807) is 0 Å². The lowest BCUT2D eigenvalue weighted by molar-refractivity contribution is 0.185. The summed E-state index contributed by atoms with van der Waals surface area (Å²) in [6.45, 7) is 0. The first-order valence-corrected chi connectivity index (χ1v) is 7.64. The van der Waals surface area contributed by atoms with Crippen LogP contribution in [0.3, 0.4) is 0 Å². The third-order valence-electron chi connectivity index (χ3n) is 4.10. The molecule has 3 rings (SSSR count). The molecule has 0 saturated carbocycles. The molecular weight excluding hydrogens is 284 g/mol. The second-order valence-electron chi connectivity index (χ2n) is 5.68. The van der Waals surface area contributed by atoms with Gasteiger partial charge in [0, 0.05) is 30.7 Å². The number of likely N-dealkylation sites (N-methyl/N-ethyl adjacent to an activating group) is 1.